The lowest BCUT2D eigenvalue weighted by Gasteiger charge is -2.16. The molecule has 19 heavy (non-hydrogen) atoms. The van der Waals surface area contributed by atoms with Crippen LogP contribution in [0.15, 0.2) is 24.3 Å². The van der Waals surface area contributed by atoms with E-state index in [-0.39, 0.29) is 6.03 Å². The second-order valence-electron chi connectivity index (χ2n) is 4.91. The lowest BCUT2D eigenvalue weighted by Crippen LogP contribution is -2.38. The summed E-state index contributed by atoms with van der Waals surface area (Å²) in [5.41, 5.74) is 2.21. The lowest BCUT2D eigenvalue weighted by atomic mass is 10.1. The summed E-state index contributed by atoms with van der Waals surface area (Å²) in [6.45, 7) is 3.29. The molecule has 5 nitrogen and oxygen atoms in total. The Morgan fingerprint density at radius 1 is 1.37 bits per heavy atom. The van der Waals surface area contributed by atoms with Crippen LogP contribution in [-0.2, 0) is 11.3 Å². The minimum Gasteiger partial charge on any atom is -0.481 e. The van der Waals surface area contributed by atoms with E-state index in [2.05, 4.69) is 5.32 Å². The van der Waals surface area contributed by atoms with E-state index in [0.717, 1.165) is 5.56 Å². The van der Waals surface area contributed by atoms with Gasteiger partial charge in [-0.15, -0.1) is 0 Å². The molecule has 0 aromatic heterocycles. The number of amides is 2. The number of nitrogens with one attached hydrogen (secondary N) is 1. The second kappa shape index (κ2) is 5.73. The zero-order valence-electron chi connectivity index (χ0n) is 10.9. The number of urea groups is 1. The van der Waals surface area contributed by atoms with E-state index in [9.17, 15) is 9.59 Å². The Morgan fingerprint density at radius 3 is 2.63 bits per heavy atom. The predicted molar refractivity (Wildman–Crippen MR) is 70.7 cm³/mol. The van der Waals surface area contributed by atoms with E-state index < -0.39 is 11.9 Å². The number of aryl methyl sites for hydroxylation is 1. The SMILES string of the molecule is Cc1ccc(CNC(=O)N2CCC(C(=O)O)C2)cc1. The van der Waals surface area contributed by atoms with Crippen LogP contribution in [0.25, 0.3) is 0 Å². The van der Waals surface area contributed by atoms with Crippen molar-refractivity contribution in [2.45, 2.75) is 19.9 Å². The van der Waals surface area contributed by atoms with Crippen LogP contribution in [0.2, 0.25) is 0 Å². The van der Waals surface area contributed by atoms with Crippen molar-refractivity contribution in [3.63, 3.8) is 0 Å². The molecule has 1 heterocycles. The molecule has 2 rings (SSSR count). The highest BCUT2D eigenvalue weighted by Crippen LogP contribution is 2.16. The molecular weight excluding hydrogens is 244 g/mol. The average Bonchev–Trinajstić information content (AvgIpc) is 2.87. The summed E-state index contributed by atoms with van der Waals surface area (Å²) in [6.07, 6.45) is 0.535. The zero-order valence-corrected chi connectivity index (χ0v) is 10.9. The van der Waals surface area contributed by atoms with E-state index >= 15 is 0 Å². The molecule has 0 bridgehead atoms. The van der Waals surface area contributed by atoms with Gasteiger partial charge in [0, 0.05) is 19.6 Å². The van der Waals surface area contributed by atoms with Gasteiger partial charge in [-0.25, -0.2) is 4.79 Å². The minimum absolute atomic E-state index is 0.190. The van der Waals surface area contributed by atoms with E-state index in [1.807, 2.05) is 31.2 Å². The van der Waals surface area contributed by atoms with Gasteiger partial charge in [0.2, 0.25) is 0 Å². The summed E-state index contributed by atoms with van der Waals surface area (Å²) in [6, 6.07) is 7.75. The second-order valence-corrected chi connectivity index (χ2v) is 4.91. The minimum atomic E-state index is -0.825. The molecule has 0 spiro atoms. The van der Waals surface area contributed by atoms with E-state index in [4.69, 9.17) is 5.11 Å². The fourth-order valence-electron chi connectivity index (χ4n) is 2.14. The average molecular weight is 262 g/mol. The van der Waals surface area contributed by atoms with Crippen LogP contribution >= 0.6 is 0 Å². The number of carboxylic acids is 1. The van der Waals surface area contributed by atoms with Gasteiger partial charge in [0.05, 0.1) is 5.92 Å². The van der Waals surface area contributed by atoms with Crippen molar-refractivity contribution in [3.05, 3.63) is 35.4 Å². The first-order valence-corrected chi connectivity index (χ1v) is 6.37. The number of nitrogens with zero attached hydrogens (tertiary/aromatic N) is 1. The van der Waals surface area contributed by atoms with Crippen molar-refractivity contribution in [1.82, 2.24) is 10.2 Å². The summed E-state index contributed by atoms with van der Waals surface area (Å²) in [4.78, 5) is 24.3. The maximum Gasteiger partial charge on any atom is 0.317 e. The topological polar surface area (TPSA) is 69.6 Å². The van der Waals surface area contributed by atoms with Gasteiger partial charge in [-0.3, -0.25) is 4.79 Å². The molecule has 2 N–H and O–H groups in total. The number of carbonyl (C=O) groups excluding carboxylic acids is 1. The van der Waals surface area contributed by atoms with Gasteiger partial charge in [0.25, 0.3) is 0 Å². The number of hydrogen-bond donors (Lipinski definition) is 2. The Labute approximate surface area is 112 Å². The van der Waals surface area contributed by atoms with Crippen LogP contribution in [0.1, 0.15) is 17.5 Å². The van der Waals surface area contributed by atoms with Crippen molar-refractivity contribution < 1.29 is 14.7 Å². The van der Waals surface area contributed by atoms with Gasteiger partial charge >= 0.3 is 12.0 Å². The van der Waals surface area contributed by atoms with E-state index in [1.165, 1.54) is 5.56 Å². The third-order valence-corrected chi connectivity index (χ3v) is 3.39. The summed E-state index contributed by atoms with van der Waals surface area (Å²) >= 11 is 0. The van der Waals surface area contributed by atoms with Crippen LogP contribution in [0.5, 0.6) is 0 Å². The van der Waals surface area contributed by atoms with Gasteiger partial charge in [-0.05, 0) is 18.9 Å². The van der Waals surface area contributed by atoms with Crippen LogP contribution in [0.3, 0.4) is 0 Å². The number of hydrogen-bond acceptors (Lipinski definition) is 2. The molecule has 1 saturated heterocycles. The summed E-state index contributed by atoms with van der Waals surface area (Å²) in [5, 5.41) is 11.7. The Kier molecular flexibility index (Phi) is 4.04. The monoisotopic (exact) mass is 262 g/mol. The normalized spacial score (nSPS) is 18.4. The quantitative estimate of drug-likeness (QED) is 0.869. The molecule has 0 aliphatic carbocycles. The largest absolute Gasteiger partial charge is 0.481 e. The molecule has 0 saturated carbocycles. The Bertz CT molecular complexity index is 470. The number of aliphatic carboxylic acids is 1. The molecule has 2 amide bonds. The smallest absolute Gasteiger partial charge is 0.317 e. The van der Waals surface area contributed by atoms with Crippen LogP contribution in [0.4, 0.5) is 4.79 Å². The lowest BCUT2D eigenvalue weighted by molar-refractivity contribution is -0.141. The first-order chi connectivity index (χ1) is 9.06. The van der Waals surface area contributed by atoms with Crippen molar-refractivity contribution in [1.29, 1.82) is 0 Å². The number of benzene rings is 1. The number of carbonyl (C=O) groups is 2. The molecule has 1 unspecified atom stereocenters. The van der Waals surface area contributed by atoms with Crippen LogP contribution in [-0.4, -0.2) is 35.1 Å². The van der Waals surface area contributed by atoms with Gasteiger partial charge in [-0.2, -0.15) is 0 Å². The summed E-state index contributed by atoms with van der Waals surface area (Å²) in [5.74, 6) is -1.25. The number of likely N-dealkylation sites (tertiary alicyclic amines) is 1. The van der Waals surface area contributed by atoms with E-state index in [1.54, 1.807) is 4.90 Å². The zero-order chi connectivity index (χ0) is 13.8. The third-order valence-electron chi connectivity index (χ3n) is 3.39. The molecule has 5 heteroatoms. The standard InChI is InChI=1S/C14H18N2O3/c1-10-2-4-11(5-3-10)8-15-14(19)16-7-6-12(9-16)13(17)18/h2-5,12H,6-9H2,1H3,(H,15,19)(H,17,18). The van der Waals surface area contributed by atoms with Crippen LogP contribution in [0, 0.1) is 12.8 Å². The molecule has 1 atom stereocenters. The highest BCUT2D eigenvalue weighted by atomic mass is 16.4. The maximum absolute atomic E-state index is 11.9. The van der Waals surface area contributed by atoms with Gasteiger partial charge in [0.15, 0.2) is 0 Å². The molecule has 1 aromatic rings. The molecule has 102 valence electrons. The predicted octanol–water partition coefficient (Wildman–Crippen LogP) is 1.61. The fourth-order valence-corrected chi connectivity index (χ4v) is 2.14. The Hall–Kier alpha value is -2.04. The molecule has 1 aliphatic rings. The molecular formula is C14H18N2O3. The number of carboxylic acid groups (broad SMARTS) is 1. The molecule has 1 aromatic carbocycles. The first kappa shape index (κ1) is 13.4. The fraction of sp³-hybridized carbons (Fsp3) is 0.429. The summed E-state index contributed by atoms with van der Waals surface area (Å²) < 4.78 is 0. The number of rotatable bonds is 3. The van der Waals surface area contributed by atoms with Crippen molar-refractivity contribution in [2.75, 3.05) is 13.1 Å². The van der Waals surface area contributed by atoms with Crippen molar-refractivity contribution >= 4 is 12.0 Å². The van der Waals surface area contributed by atoms with Crippen LogP contribution < -0.4 is 5.32 Å². The maximum atomic E-state index is 11.9. The summed E-state index contributed by atoms with van der Waals surface area (Å²) in [7, 11) is 0. The Morgan fingerprint density at radius 2 is 2.05 bits per heavy atom. The highest BCUT2D eigenvalue weighted by molar-refractivity contribution is 5.77. The first-order valence-electron chi connectivity index (χ1n) is 6.37. The van der Waals surface area contributed by atoms with E-state index in [0.29, 0.717) is 26.1 Å². The molecule has 0 radical (unpaired) electrons. The van der Waals surface area contributed by atoms with Gasteiger partial charge < -0.3 is 15.3 Å². The highest BCUT2D eigenvalue weighted by Gasteiger charge is 2.30. The van der Waals surface area contributed by atoms with Crippen molar-refractivity contribution in [3.8, 4) is 0 Å². The van der Waals surface area contributed by atoms with Gasteiger partial charge in [-0.1, -0.05) is 29.8 Å². The molecule has 1 aliphatic heterocycles. The van der Waals surface area contributed by atoms with Gasteiger partial charge in [0.1, 0.15) is 0 Å². The third kappa shape index (κ3) is 3.47. The Balaban J connectivity index is 1.82. The molecule has 1 fully saturated rings. The van der Waals surface area contributed by atoms with Crippen molar-refractivity contribution in [2.24, 2.45) is 5.92 Å².